The number of carbonyl (C=O) groups is 1. The van der Waals surface area contributed by atoms with Crippen LogP contribution < -0.4 is 0 Å². The minimum atomic E-state index is -0.341. The number of ketones is 1. The molecule has 0 bridgehead atoms. The van der Waals surface area contributed by atoms with Crippen molar-refractivity contribution in [2.24, 2.45) is 28.6 Å². The number of hydrogen-bond donors (Lipinski definition) is 0. The fourth-order valence-corrected chi connectivity index (χ4v) is 7.40. The molecule has 1 aliphatic heterocycles. The smallest absolute Gasteiger partial charge is 0.172 e. The molecule has 3 heteroatoms. The summed E-state index contributed by atoms with van der Waals surface area (Å²) >= 11 is 0. The lowest BCUT2D eigenvalue weighted by Crippen LogP contribution is -2.51. The van der Waals surface area contributed by atoms with Crippen molar-refractivity contribution in [3.8, 4) is 0 Å². The van der Waals surface area contributed by atoms with Gasteiger partial charge in [0, 0.05) is 30.1 Å². The molecule has 150 valence electrons. The van der Waals surface area contributed by atoms with E-state index in [2.05, 4.69) is 20.8 Å². The molecule has 3 nitrogen and oxygen atoms in total. The van der Waals surface area contributed by atoms with Crippen LogP contribution in [0.15, 0.2) is 11.1 Å². The first-order valence-electron chi connectivity index (χ1n) is 11.4. The summed E-state index contributed by atoms with van der Waals surface area (Å²) in [7, 11) is 0. The van der Waals surface area contributed by atoms with Gasteiger partial charge in [-0.05, 0) is 62.7 Å². The Morgan fingerprint density at radius 3 is 2.52 bits per heavy atom. The van der Waals surface area contributed by atoms with Crippen LogP contribution >= 0.6 is 0 Å². The van der Waals surface area contributed by atoms with Crippen LogP contribution in [-0.4, -0.2) is 24.8 Å². The van der Waals surface area contributed by atoms with Gasteiger partial charge in [-0.2, -0.15) is 0 Å². The molecule has 1 spiro atoms. The molecule has 0 aromatic rings. The topological polar surface area (TPSA) is 35.5 Å². The summed E-state index contributed by atoms with van der Waals surface area (Å²) < 4.78 is 12.6. The average Bonchev–Trinajstić information content (AvgIpc) is 3.01. The molecule has 0 radical (unpaired) electrons. The fourth-order valence-electron chi connectivity index (χ4n) is 7.40. The van der Waals surface area contributed by atoms with E-state index in [9.17, 15) is 4.79 Å². The van der Waals surface area contributed by atoms with Gasteiger partial charge in [0.15, 0.2) is 5.79 Å². The number of rotatable bonds is 1. The van der Waals surface area contributed by atoms with Crippen molar-refractivity contribution >= 4 is 5.78 Å². The minimum Gasteiger partial charge on any atom is -0.349 e. The zero-order chi connectivity index (χ0) is 18.9. The summed E-state index contributed by atoms with van der Waals surface area (Å²) in [6.07, 6.45) is 11.1. The molecule has 0 aromatic heterocycles. The fraction of sp³-hybridized carbons (Fsp3) is 0.875. The molecule has 0 unspecified atom stereocenters. The number of Topliss-reactive ketones (excluding diaryl/α,β-unsaturated/α-hetero) is 1. The zero-order valence-electron chi connectivity index (χ0n) is 17.4. The number of ether oxygens (including phenoxy) is 2. The molecule has 2 saturated carbocycles. The molecule has 5 aliphatic rings. The third-order valence-corrected chi connectivity index (χ3v) is 8.90. The third-order valence-electron chi connectivity index (χ3n) is 8.90. The normalized spacial score (nSPS) is 42.6. The Morgan fingerprint density at radius 2 is 1.78 bits per heavy atom. The van der Waals surface area contributed by atoms with Crippen molar-refractivity contribution in [3.05, 3.63) is 11.1 Å². The van der Waals surface area contributed by atoms with Gasteiger partial charge in [-0.25, -0.2) is 0 Å². The van der Waals surface area contributed by atoms with Crippen LogP contribution in [0, 0.1) is 28.6 Å². The minimum absolute atomic E-state index is 0.0380. The Labute approximate surface area is 164 Å². The van der Waals surface area contributed by atoms with E-state index >= 15 is 0 Å². The zero-order valence-corrected chi connectivity index (χ0v) is 17.4. The van der Waals surface area contributed by atoms with E-state index in [4.69, 9.17) is 9.47 Å². The predicted molar refractivity (Wildman–Crippen MR) is 105 cm³/mol. The summed E-state index contributed by atoms with van der Waals surface area (Å²) in [5.41, 5.74) is 3.57. The first-order valence-corrected chi connectivity index (χ1v) is 11.4. The molecule has 4 aliphatic carbocycles. The van der Waals surface area contributed by atoms with Gasteiger partial charge in [-0.15, -0.1) is 0 Å². The van der Waals surface area contributed by atoms with Gasteiger partial charge in [0.05, 0.1) is 13.2 Å². The Morgan fingerprint density at radius 1 is 1.00 bits per heavy atom. The van der Waals surface area contributed by atoms with Crippen molar-refractivity contribution < 1.29 is 14.3 Å². The first kappa shape index (κ1) is 18.4. The van der Waals surface area contributed by atoms with E-state index in [0.717, 1.165) is 70.0 Å². The highest BCUT2D eigenvalue weighted by molar-refractivity contribution is 5.87. The second kappa shape index (κ2) is 6.16. The monoisotopic (exact) mass is 372 g/mol. The van der Waals surface area contributed by atoms with Crippen LogP contribution in [0.5, 0.6) is 0 Å². The van der Waals surface area contributed by atoms with Crippen molar-refractivity contribution in [2.45, 2.75) is 90.8 Å². The van der Waals surface area contributed by atoms with E-state index in [-0.39, 0.29) is 16.6 Å². The highest BCUT2D eigenvalue weighted by Crippen LogP contribution is 2.62. The lowest BCUT2D eigenvalue weighted by atomic mass is 9.53. The third kappa shape index (κ3) is 2.71. The van der Waals surface area contributed by atoms with E-state index < -0.39 is 0 Å². The standard InChI is InChI=1S/C24H36O3/c1-4-23-11-9-18-17-10-12-24(26-14-22(2,3)15-27-24)13-16(17)5-6-19(18)20(23)7-8-21(23)25/h18-20H,4-15H2,1-3H3/t18-,19-,20+,23+/m1/s1. The maximum absolute atomic E-state index is 12.7. The van der Waals surface area contributed by atoms with Crippen molar-refractivity contribution in [1.82, 2.24) is 0 Å². The molecule has 1 heterocycles. The SMILES string of the molecule is CC[C@]12CC[C@@H]3C4=C(CC[C@H]3[C@@H]1CCC2=O)CC1(CC4)OCC(C)(C)CO1. The van der Waals surface area contributed by atoms with Gasteiger partial charge in [0.25, 0.3) is 0 Å². The number of carbonyl (C=O) groups excluding carboxylic acids is 1. The molecule has 0 N–H and O–H groups in total. The van der Waals surface area contributed by atoms with E-state index in [1.54, 1.807) is 11.1 Å². The molecule has 1 saturated heterocycles. The molecule has 0 amide bonds. The summed E-state index contributed by atoms with van der Waals surface area (Å²) in [6.45, 7) is 8.33. The predicted octanol–water partition coefficient (Wildman–Crippen LogP) is 5.43. The molecule has 27 heavy (non-hydrogen) atoms. The summed E-state index contributed by atoms with van der Waals surface area (Å²) in [5, 5.41) is 0. The molecule has 5 rings (SSSR count). The second-order valence-corrected chi connectivity index (χ2v) is 10.9. The maximum atomic E-state index is 12.7. The Balaban J connectivity index is 1.37. The van der Waals surface area contributed by atoms with Crippen molar-refractivity contribution in [2.75, 3.05) is 13.2 Å². The quantitative estimate of drug-likeness (QED) is 0.576. The number of allylic oxidation sites excluding steroid dienone is 1. The van der Waals surface area contributed by atoms with Crippen LogP contribution in [-0.2, 0) is 14.3 Å². The lowest BCUT2D eigenvalue weighted by Gasteiger charge is -2.53. The lowest BCUT2D eigenvalue weighted by molar-refractivity contribution is -0.303. The summed E-state index contributed by atoms with van der Waals surface area (Å²) in [4.78, 5) is 12.7. The maximum Gasteiger partial charge on any atom is 0.172 e. The first-order chi connectivity index (χ1) is 12.9. The second-order valence-electron chi connectivity index (χ2n) is 10.9. The van der Waals surface area contributed by atoms with Gasteiger partial charge in [-0.1, -0.05) is 31.9 Å². The summed E-state index contributed by atoms with van der Waals surface area (Å²) in [6, 6.07) is 0. The largest absolute Gasteiger partial charge is 0.349 e. The summed E-state index contributed by atoms with van der Waals surface area (Å²) in [5.74, 6) is 2.39. The van der Waals surface area contributed by atoms with Crippen LogP contribution in [0.4, 0.5) is 0 Å². The Bertz CT molecular complexity index is 665. The molecule has 0 aromatic carbocycles. The number of hydrogen-bond acceptors (Lipinski definition) is 3. The van der Waals surface area contributed by atoms with Gasteiger partial charge in [-0.3, -0.25) is 4.79 Å². The van der Waals surface area contributed by atoms with Gasteiger partial charge in [0.1, 0.15) is 5.78 Å². The Hall–Kier alpha value is -0.670. The van der Waals surface area contributed by atoms with E-state index in [0.29, 0.717) is 11.7 Å². The van der Waals surface area contributed by atoms with Gasteiger partial charge < -0.3 is 9.47 Å². The van der Waals surface area contributed by atoms with Crippen molar-refractivity contribution in [3.63, 3.8) is 0 Å². The van der Waals surface area contributed by atoms with Crippen LogP contribution in [0.2, 0.25) is 0 Å². The van der Waals surface area contributed by atoms with Crippen molar-refractivity contribution in [1.29, 1.82) is 0 Å². The number of fused-ring (bicyclic) bond motifs is 4. The highest BCUT2D eigenvalue weighted by Gasteiger charge is 2.57. The molecule has 3 fully saturated rings. The van der Waals surface area contributed by atoms with Gasteiger partial charge >= 0.3 is 0 Å². The molecule has 4 atom stereocenters. The Kier molecular flexibility index (Phi) is 4.19. The van der Waals surface area contributed by atoms with E-state index in [1.807, 2.05) is 0 Å². The average molecular weight is 373 g/mol. The molecular formula is C24H36O3. The van der Waals surface area contributed by atoms with Crippen LogP contribution in [0.3, 0.4) is 0 Å². The van der Waals surface area contributed by atoms with E-state index in [1.165, 1.54) is 19.3 Å². The van der Waals surface area contributed by atoms with Crippen LogP contribution in [0.1, 0.15) is 85.0 Å². The van der Waals surface area contributed by atoms with Crippen LogP contribution in [0.25, 0.3) is 0 Å². The van der Waals surface area contributed by atoms with Gasteiger partial charge in [0.2, 0.25) is 0 Å². The molecular weight excluding hydrogens is 336 g/mol. The highest BCUT2D eigenvalue weighted by atomic mass is 16.7.